The van der Waals surface area contributed by atoms with Gasteiger partial charge >= 0.3 is 0 Å². The number of hydrogen-bond acceptors (Lipinski definition) is 4. The second-order valence-electron chi connectivity index (χ2n) is 2.69. The van der Waals surface area contributed by atoms with Crippen molar-refractivity contribution in [1.82, 2.24) is 24.9 Å². The Kier molecular flexibility index (Phi) is 2.97. The quantitative estimate of drug-likeness (QED) is 0.594. The van der Waals surface area contributed by atoms with E-state index in [1.165, 1.54) is 6.33 Å². The lowest BCUT2D eigenvalue weighted by molar-refractivity contribution is 1.20. The predicted molar refractivity (Wildman–Crippen MR) is 55.9 cm³/mol. The molecule has 0 saturated carbocycles. The number of hydrogen-bond donors (Lipinski definition) is 1. The van der Waals surface area contributed by atoms with E-state index < -0.39 is 0 Å². The Hall–Kier alpha value is -2.30. The number of pyridine rings is 1. The van der Waals surface area contributed by atoms with Gasteiger partial charge < -0.3 is 4.98 Å². The third-order valence-electron chi connectivity index (χ3n) is 1.66. The molecule has 0 aliphatic heterocycles. The third-order valence-corrected chi connectivity index (χ3v) is 1.66. The minimum absolute atomic E-state index is 0.713. The Balaban J connectivity index is 0.000000124. The maximum atomic E-state index is 3.91. The van der Waals surface area contributed by atoms with E-state index in [2.05, 4.69) is 24.9 Å². The average molecular weight is 199 g/mol. The zero-order chi connectivity index (χ0) is 10.3. The molecule has 1 N–H and O–H groups in total. The molecule has 74 valence electrons. The maximum absolute atomic E-state index is 3.91. The molecule has 0 unspecified atom stereocenters. The maximum Gasteiger partial charge on any atom is 0.180 e. The first-order valence-electron chi connectivity index (χ1n) is 4.41. The van der Waals surface area contributed by atoms with E-state index in [-0.39, 0.29) is 0 Å². The van der Waals surface area contributed by atoms with Gasteiger partial charge in [0.1, 0.15) is 11.8 Å². The number of nitrogens with one attached hydrogen (secondary N) is 1. The first-order valence-corrected chi connectivity index (χ1v) is 4.41. The van der Waals surface area contributed by atoms with Crippen LogP contribution in [0.2, 0.25) is 0 Å². The number of aromatic nitrogens is 5. The molecule has 5 heteroatoms. The van der Waals surface area contributed by atoms with E-state index in [4.69, 9.17) is 0 Å². The fourth-order valence-corrected chi connectivity index (χ4v) is 1.00. The first-order chi connectivity index (χ1) is 7.47. The molecule has 0 aliphatic rings. The number of H-pyrrole nitrogens is 1. The zero-order valence-corrected chi connectivity index (χ0v) is 7.91. The summed E-state index contributed by atoms with van der Waals surface area (Å²) in [5.41, 5.74) is 1.59. The molecule has 0 aliphatic carbocycles. The highest BCUT2D eigenvalue weighted by Crippen LogP contribution is 1.99. The summed E-state index contributed by atoms with van der Waals surface area (Å²) in [4.78, 5) is 18.3. The van der Waals surface area contributed by atoms with E-state index in [1.807, 2.05) is 18.2 Å². The minimum Gasteiger partial charge on any atom is -0.342 e. The standard InChI is InChI=1S/C5H4N4.C5H5N/c1-4-5(8-2-6-1)9-3-7-4;1-2-4-6-5-3-1/h1-3H,(H,6,7,8,9);1-5H. The highest BCUT2D eigenvalue weighted by Gasteiger charge is 1.91. The fourth-order valence-electron chi connectivity index (χ4n) is 1.00. The van der Waals surface area contributed by atoms with E-state index >= 15 is 0 Å². The van der Waals surface area contributed by atoms with Gasteiger partial charge in [-0.3, -0.25) is 4.98 Å². The van der Waals surface area contributed by atoms with Crippen LogP contribution in [-0.4, -0.2) is 24.9 Å². The molecule has 5 nitrogen and oxygen atoms in total. The molecule has 3 rings (SSSR count). The largest absolute Gasteiger partial charge is 0.342 e. The van der Waals surface area contributed by atoms with Crippen LogP contribution in [0.25, 0.3) is 11.2 Å². The number of nitrogens with zero attached hydrogens (tertiary/aromatic N) is 4. The van der Waals surface area contributed by atoms with E-state index in [0.29, 0.717) is 5.65 Å². The van der Waals surface area contributed by atoms with Crippen LogP contribution in [0.4, 0.5) is 0 Å². The fraction of sp³-hybridized carbons (Fsp3) is 0. The molecule has 15 heavy (non-hydrogen) atoms. The average Bonchev–Trinajstić information content (AvgIpc) is 2.80. The Morgan fingerprint density at radius 2 is 1.80 bits per heavy atom. The van der Waals surface area contributed by atoms with Crippen LogP contribution in [0, 0.1) is 0 Å². The Morgan fingerprint density at radius 3 is 2.40 bits per heavy atom. The number of rotatable bonds is 0. The van der Waals surface area contributed by atoms with Crippen LogP contribution < -0.4 is 0 Å². The molecule has 0 bridgehead atoms. The summed E-state index contributed by atoms with van der Waals surface area (Å²) in [5.74, 6) is 0. The second-order valence-corrected chi connectivity index (χ2v) is 2.69. The van der Waals surface area contributed by atoms with Crippen LogP contribution in [0.5, 0.6) is 0 Å². The number of fused-ring (bicyclic) bond motifs is 1. The van der Waals surface area contributed by atoms with Gasteiger partial charge in [0.05, 0.1) is 12.5 Å². The summed E-state index contributed by atoms with van der Waals surface area (Å²) in [6.07, 6.45) is 8.26. The Morgan fingerprint density at radius 1 is 0.933 bits per heavy atom. The van der Waals surface area contributed by atoms with Crippen molar-refractivity contribution in [3.63, 3.8) is 0 Å². The van der Waals surface area contributed by atoms with Crippen LogP contribution in [0.1, 0.15) is 0 Å². The van der Waals surface area contributed by atoms with Crippen molar-refractivity contribution < 1.29 is 0 Å². The molecular weight excluding hydrogens is 190 g/mol. The lowest BCUT2D eigenvalue weighted by Gasteiger charge is -1.80. The molecule has 0 spiro atoms. The van der Waals surface area contributed by atoms with Crippen LogP contribution in [0.15, 0.2) is 49.4 Å². The summed E-state index contributed by atoms with van der Waals surface area (Å²) in [6.45, 7) is 0. The van der Waals surface area contributed by atoms with Gasteiger partial charge in [-0.1, -0.05) is 6.07 Å². The minimum atomic E-state index is 0.713. The molecule has 0 radical (unpaired) electrons. The molecule has 3 aromatic rings. The Labute approximate surface area is 86.3 Å². The second kappa shape index (κ2) is 4.80. The van der Waals surface area contributed by atoms with Gasteiger partial charge in [-0.2, -0.15) is 0 Å². The monoisotopic (exact) mass is 199 g/mol. The van der Waals surface area contributed by atoms with Crippen molar-refractivity contribution >= 4 is 11.2 Å². The van der Waals surface area contributed by atoms with Gasteiger partial charge in [0.25, 0.3) is 0 Å². The molecule has 3 heterocycles. The van der Waals surface area contributed by atoms with Crippen molar-refractivity contribution in [2.45, 2.75) is 0 Å². The molecule has 0 aromatic carbocycles. The topological polar surface area (TPSA) is 67.3 Å². The van der Waals surface area contributed by atoms with Gasteiger partial charge in [-0.05, 0) is 12.1 Å². The van der Waals surface area contributed by atoms with Crippen LogP contribution >= 0.6 is 0 Å². The SMILES string of the molecule is c1ccncc1.c1ncc2[nH]cnc2n1. The smallest absolute Gasteiger partial charge is 0.180 e. The van der Waals surface area contributed by atoms with Crippen molar-refractivity contribution in [3.8, 4) is 0 Å². The molecule has 0 fully saturated rings. The normalized spacial score (nSPS) is 9.33. The lowest BCUT2D eigenvalue weighted by Crippen LogP contribution is -1.76. The summed E-state index contributed by atoms with van der Waals surface area (Å²) in [5, 5.41) is 0. The highest BCUT2D eigenvalue weighted by molar-refractivity contribution is 5.67. The van der Waals surface area contributed by atoms with Crippen molar-refractivity contribution in [1.29, 1.82) is 0 Å². The first kappa shape index (κ1) is 9.26. The molecule has 0 saturated heterocycles. The summed E-state index contributed by atoms with van der Waals surface area (Å²) >= 11 is 0. The van der Waals surface area contributed by atoms with E-state index in [0.717, 1.165) is 5.52 Å². The molecule has 0 atom stereocenters. The number of imidazole rings is 1. The molecule has 0 amide bonds. The predicted octanol–water partition coefficient (Wildman–Crippen LogP) is 1.43. The van der Waals surface area contributed by atoms with Crippen molar-refractivity contribution in [2.75, 3.05) is 0 Å². The van der Waals surface area contributed by atoms with Gasteiger partial charge in [-0.25, -0.2) is 15.0 Å². The highest BCUT2D eigenvalue weighted by atomic mass is 15.0. The van der Waals surface area contributed by atoms with Crippen LogP contribution in [0.3, 0.4) is 0 Å². The summed E-state index contributed by atoms with van der Waals surface area (Å²) < 4.78 is 0. The van der Waals surface area contributed by atoms with E-state index in [1.54, 1.807) is 24.9 Å². The Bertz CT molecular complexity index is 448. The van der Waals surface area contributed by atoms with Gasteiger partial charge in [0, 0.05) is 12.4 Å². The molecule has 3 aromatic heterocycles. The van der Waals surface area contributed by atoms with Crippen LogP contribution in [-0.2, 0) is 0 Å². The zero-order valence-electron chi connectivity index (χ0n) is 7.91. The van der Waals surface area contributed by atoms with Crippen molar-refractivity contribution in [3.05, 3.63) is 49.4 Å². The molecular formula is C10H9N5. The van der Waals surface area contributed by atoms with Gasteiger partial charge in [0.2, 0.25) is 0 Å². The third kappa shape index (κ3) is 2.57. The summed E-state index contributed by atoms with van der Waals surface area (Å²) in [6, 6.07) is 5.72. The lowest BCUT2D eigenvalue weighted by atomic mass is 10.5. The summed E-state index contributed by atoms with van der Waals surface area (Å²) in [7, 11) is 0. The number of aromatic amines is 1. The van der Waals surface area contributed by atoms with Gasteiger partial charge in [0.15, 0.2) is 5.65 Å². The van der Waals surface area contributed by atoms with E-state index in [9.17, 15) is 0 Å². The van der Waals surface area contributed by atoms with Gasteiger partial charge in [-0.15, -0.1) is 0 Å². The van der Waals surface area contributed by atoms with Crippen molar-refractivity contribution in [2.24, 2.45) is 0 Å².